The largest absolute Gasteiger partial charge is 0.444 e. The molecule has 2 heterocycles. The number of hydrogen-bond acceptors (Lipinski definition) is 4. The van der Waals surface area contributed by atoms with Gasteiger partial charge in [0.25, 0.3) is 0 Å². The number of aliphatic hydroxyl groups excluding tert-OH is 1. The monoisotopic (exact) mass is 304 g/mol. The number of hydrogen-bond donors (Lipinski definition) is 1. The number of nitrogens with zero attached hydrogens (tertiary/aromatic N) is 2. The molecule has 2 aromatic rings. The summed E-state index contributed by atoms with van der Waals surface area (Å²) in [6.45, 7) is 1.95. The fraction of sp³-hybridized carbons (Fsp3) is 0.471. The summed E-state index contributed by atoms with van der Waals surface area (Å²) < 4.78 is 18.8. The molecular weight excluding hydrogens is 283 g/mol. The van der Waals surface area contributed by atoms with Crippen molar-refractivity contribution in [2.45, 2.75) is 38.3 Å². The molecule has 1 aromatic heterocycles. The van der Waals surface area contributed by atoms with Gasteiger partial charge in [-0.1, -0.05) is 12.5 Å². The molecule has 0 saturated carbocycles. The first-order valence-electron chi connectivity index (χ1n) is 7.81. The Hall–Kier alpha value is -1.72. The third-order valence-corrected chi connectivity index (χ3v) is 4.20. The minimum Gasteiger partial charge on any atom is -0.444 e. The highest BCUT2D eigenvalue weighted by Gasteiger charge is 2.23. The van der Waals surface area contributed by atoms with Gasteiger partial charge in [0, 0.05) is 24.8 Å². The van der Waals surface area contributed by atoms with Gasteiger partial charge in [0.1, 0.15) is 12.1 Å². The predicted molar refractivity (Wildman–Crippen MR) is 81.6 cm³/mol. The second-order valence-corrected chi connectivity index (χ2v) is 5.79. The Balaban J connectivity index is 1.71. The zero-order valence-corrected chi connectivity index (χ0v) is 12.5. The van der Waals surface area contributed by atoms with Crippen LogP contribution in [0.5, 0.6) is 0 Å². The normalized spacial score (nSPS) is 19.5. The van der Waals surface area contributed by atoms with Crippen LogP contribution < -0.4 is 0 Å². The van der Waals surface area contributed by atoms with Crippen molar-refractivity contribution in [3.63, 3.8) is 0 Å². The molecule has 1 fully saturated rings. The Kier molecular flexibility index (Phi) is 4.85. The third kappa shape index (κ3) is 3.54. The van der Waals surface area contributed by atoms with Crippen molar-refractivity contribution >= 4 is 0 Å². The van der Waals surface area contributed by atoms with Crippen molar-refractivity contribution < 1.29 is 13.9 Å². The maximum absolute atomic E-state index is 13.3. The molecule has 1 N–H and O–H groups in total. The highest BCUT2D eigenvalue weighted by atomic mass is 19.1. The van der Waals surface area contributed by atoms with Gasteiger partial charge in [0.05, 0.1) is 5.69 Å². The smallest absolute Gasteiger partial charge is 0.226 e. The summed E-state index contributed by atoms with van der Waals surface area (Å²) in [6, 6.07) is 6.67. The molecule has 1 aromatic carbocycles. The maximum Gasteiger partial charge on any atom is 0.226 e. The van der Waals surface area contributed by atoms with Crippen LogP contribution in [0.3, 0.4) is 0 Å². The lowest BCUT2D eigenvalue weighted by atomic mass is 9.99. The number of aliphatic hydroxyl groups is 1. The van der Waals surface area contributed by atoms with Crippen LogP contribution in [0.1, 0.15) is 31.4 Å². The molecule has 4 nitrogen and oxygen atoms in total. The van der Waals surface area contributed by atoms with Gasteiger partial charge in [-0.2, -0.15) is 0 Å². The second kappa shape index (κ2) is 7.03. The summed E-state index contributed by atoms with van der Waals surface area (Å²) in [5, 5.41) is 9.18. The fourth-order valence-corrected chi connectivity index (χ4v) is 3.09. The van der Waals surface area contributed by atoms with Crippen LogP contribution >= 0.6 is 0 Å². The lowest BCUT2D eigenvalue weighted by Gasteiger charge is -2.34. The first-order chi connectivity index (χ1) is 10.8. The van der Waals surface area contributed by atoms with E-state index in [0.29, 0.717) is 24.0 Å². The fourth-order valence-electron chi connectivity index (χ4n) is 3.09. The van der Waals surface area contributed by atoms with Crippen LogP contribution in [-0.4, -0.2) is 34.2 Å². The van der Waals surface area contributed by atoms with E-state index in [1.165, 1.54) is 25.0 Å². The molecule has 0 amide bonds. The first kappa shape index (κ1) is 15.2. The summed E-state index contributed by atoms with van der Waals surface area (Å²) in [7, 11) is 0. The van der Waals surface area contributed by atoms with Gasteiger partial charge in [0.15, 0.2) is 0 Å². The highest BCUT2D eigenvalue weighted by molar-refractivity contribution is 5.52. The quantitative estimate of drug-likeness (QED) is 0.921. The highest BCUT2D eigenvalue weighted by Crippen LogP contribution is 2.24. The number of likely N-dealkylation sites (tertiary alicyclic amines) is 1. The van der Waals surface area contributed by atoms with Crippen LogP contribution in [-0.2, 0) is 6.54 Å². The van der Waals surface area contributed by atoms with Gasteiger partial charge in [-0.25, -0.2) is 9.37 Å². The summed E-state index contributed by atoms with van der Waals surface area (Å²) >= 11 is 0. The minimum absolute atomic E-state index is 0.217. The van der Waals surface area contributed by atoms with Crippen molar-refractivity contribution in [1.29, 1.82) is 0 Å². The van der Waals surface area contributed by atoms with E-state index >= 15 is 0 Å². The van der Waals surface area contributed by atoms with Gasteiger partial charge in [0.2, 0.25) is 5.89 Å². The Labute approximate surface area is 129 Å². The Morgan fingerprint density at radius 1 is 1.36 bits per heavy atom. The minimum atomic E-state index is -0.295. The van der Waals surface area contributed by atoms with E-state index in [4.69, 9.17) is 4.42 Å². The van der Waals surface area contributed by atoms with Gasteiger partial charge < -0.3 is 9.52 Å². The molecule has 0 radical (unpaired) electrons. The molecule has 1 aliphatic heterocycles. The van der Waals surface area contributed by atoms with E-state index in [9.17, 15) is 9.50 Å². The molecule has 0 spiro atoms. The van der Waals surface area contributed by atoms with Crippen molar-refractivity contribution in [1.82, 2.24) is 9.88 Å². The number of oxazole rings is 1. The molecule has 3 rings (SSSR count). The molecule has 5 heteroatoms. The summed E-state index contributed by atoms with van der Waals surface area (Å²) in [5.41, 5.74) is 1.50. The van der Waals surface area contributed by atoms with E-state index in [1.807, 2.05) is 0 Å². The lowest BCUT2D eigenvalue weighted by Crippen LogP contribution is -2.39. The molecule has 1 saturated heterocycles. The molecule has 1 atom stereocenters. The molecule has 1 aliphatic rings. The average Bonchev–Trinajstić information content (AvgIpc) is 2.98. The van der Waals surface area contributed by atoms with Gasteiger partial charge in [-0.3, -0.25) is 4.90 Å². The van der Waals surface area contributed by atoms with Gasteiger partial charge in [-0.15, -0.1) is 0 Å². The lowest BCUT2D eigenvalue weighted by molar-refractivity contribution is 0.111. The van der Waals surface area contributed by atoms with E-state index in [2.05, 4.69) is 9.88 Å². The van der Waals surface area contributed by atoms with E-state index in [-0.39, 0.29) is 12.4 Å². The second-order valence-electron chi connectivity index (χ2n) is 5.79. The Morgan fingerprint density at radius 2 is 2.27 bits per heavy atom. The van der Waals surface area contributed by atoms with E-state index in [1.54, 1.807) is 18.4 Å². The topological polar surface area (TPSA) is 49.5 Å². The SMILES string of the molecule is OCCC1CCCCN1Cc1coc(-c2cccc(F)c2)n1. The van der Waals surface area contributed by atoms with Crippen molar-refractivity contribution in [3.05, 3.63) is 42.0 Å². The van der Waals surface area contributed by atoms with Crippen molar-refractivity contribution in [2.24, 2.45) is 0 Å². The van der Waals surface area contributed by atoms with Gasteiger partial charge in [-0.05, 0) is 44.0 Å². The van der Waals surface area contributed by atoms with Crippen LogP contribution in [0.15, 0.2) is 34.9 Å². The molecule has 1 unspecified atom stereocenters. The molecular formula is C17H21FN2O2. The van der Waals surface area contributed by atoms with E-state index in [0.717, 1.165) is 25.1 Å². The predicted octanol–water partition coefficient (Wildman–Crippen LogP) is 3.22. The zero-order valence-electron chi connectivity index (χ0n) is 12.5. The first-order valence-corrected chi connectivity index (χ1v) is 7.81. The molecule has 118 valence electrons. The summed E-state index contributed by atoms with van der Waals surface area (Å²) in [4.78, 5) is 6.83. The average molecular weight is 304 g/mol. The van der Waals surface area contributed by atoms with Gasteiger partial charge >= 0.3 is 0 Å². The van der Waals surface area contributed by atoms with Crippen LogP contribution in [0, 0.1) is 5.82 Å². The maximum atomic E-state index is 13.3. The molecule has 0 aliphatic carbocycles. The molecule has 22 heavy (non-hydrogen) atoms. The number of halogens is 1. The molecule has 0 bridgehead atoms. The van der Waals surface area contributed by atoms with Crippen molar-refractivity contribution in [3.8, 4) is 11.5 Å². The summed E-state index contributed by atoms with van der Waals surface area (Å²) in [5.74, 6) is 0.154. The Morgan fingerprint density at radius 3 is 3.09 bits per heavy atom. The number of aromatic nitrogens is 1. The summed E-state index contributed by atoms with van der Waals surface area (Å²) in [6.07, 6.45) is 5.96. The van der Waals surface area contributed by atoms with E-state index < -0.39 is 0 Å². The number of benzene rings is 1. The van der Waals surface area contributed by atoms with Crippen LogP contribution in [0.2, 0.25) is 0 Å². The Bertz CT molecular complexity index is 612. The zero-order chi connectivity index (χ0) is 15.4. The number of piperidine rings is 1. The third-order valence-electron chi connectivity index (χ3n) is 4.20. The number of rotatable bonds is 5. The van der Waals surface area contributed by atoms with Crippen LogP contribution in [0.25, 0.3) is 11.5 Å². The van der Waals surface area contributed by atoms with Crippen molar-refractivity contribution in [2.75, 3.05) is 13.2 Å². The standard InChI is InChI=1S/C17H21FN2O2/c18-14-5-3-4-13(10-14)17-19-15(12-22-17)11-20-8-2-1-6-16(20)7-9-21/h3-5,10,12,16,21H,1-2,6-9,11H2. The van der Waals surface area contributed by atoms with Crippen LogP contribution in [0.4, 0.5) is 4.39 Å².